The van der Waals surface area contributed by atoms with Crippen LogP contribution in [0, 0.1) is 0 Å². The van der Waals surface area contributed by atoms with E-state index in [4.69, 9.17) is 14.5 Å². The average Bonchev–Trinajstić information content (AvgIpc) is 2.63. The van der Waals surface area contributed by atoms with Crippen molar-refractivity contribution in [2.45, 2.75) is 13.1 Å². The van der Waals surface area contributed by atoms with Gasteiger partial charge in [0.1, 0.15) is 12.4 Å². The third kappa shape index (κ3) is 8.05. The van der Waals surface area contributed by atoms with Crippen LogP contribution in [-0.2, 0) is 17.8 Å². The van der Waals surface area contributed by atoms with E-state index in [1.54, 1.807) is 7.11 Å². The van der Waals surface area contributed by atoms with Crippen molar-refractivity contribution >= 4 is 29.9 Å². The lowest BCUT2D eigenvalue weighted by Gasteiger charge is -2.18. The summed E-state index contributed by atoms with van der Waals surface area (Å²) in [6, 6.07) is 18.3. The van der Waals surface area contributed by atoms with Gasteiger partial charge < -0.3 is 19.7 Å². The van der Waals surface area contributed by atoms with Crippen LogP contribution >= 0.6 is 24.0 Å². The van der Waals surface area contributed by atoms with Crippen LogP contribution in [0.3, 0.4) is 0 Å². The summed E-state index contributed by atoms with van der Waals surface area (Å²) in [7, 11) is 5.64. The highest BCUT2D eigenvalue weighted by molar-refractivity contribution is 14.0. The first kappa shape index (κ1) is 22.2. The Morgan fingerprint density at radius 2 is 1.73 bits per heavy atom. The summed E-state index contributed by atoms with van der Waals surface area (Å²) in [6.07, 6.45) is 0. The summed E-state index contributed by atoms with van der Waals surface area (Å²) in [5.74, 6) is 1.70. The van der Waals surface area contributed by atoms with E-state index in [-0.39, 0.29) is 24.0 Å². The molecule has 0 saturated heterocycles. The smallest absolute Gasteiger partial charge is 0.194 e. The van der Waals surface area contributed by atoms with Crippen LogP contribution in [0.4, 0.5) is 0 Å². The molecule has 0 saturated carbocycles. The lowest BCUT2D eigenvalue weighted by atomic mass is 10.2. The van der Waals surface area contributed by atoms with Gasteiger partial charge in [-0.25, -0.2) is 4.99 Å². The molecule has 2 aromatic carbocycles. The second kappa shape index (κ2) is 12.5. The Morgan fingerprint density at radius 1 is 1.00 bits per heavy atom. The van der Waals surface area contributed by atoms with Crippen LogP contribution in [0.1, 0.15) is 11.1 Å². The second-order valence-corrected chi connectivity index (χ2v) is 5.86. The third-order valence-electron chi connectivity index (χ3n) is 3.58. The predicted octanol–water partition coefficient (Wildman–Crippen LogP) is 3.54. The molecule has 0 unspecified atom stereocenters. The fourth-order valence-corrected chi connectivity index (χ4v) is 2.28. The molecule has 0 spiro atoms. The molecular formula is C20H28IN3O2. The number of halogens is 1. The van der Waals surface area contributed by atoms with Crippen molar-refractivity contribution in [3.8, 4) is 5.75 Å². The van der Waals surface area contributed by atoms with Crippen molar-refractivity contribution in [3.05, 3.63) is 65.7 Å². The maximum Gasteiger partial charge on any atom is 0.194 e. The van der Waals surface area contributed by atoms with E-state index in [0.717, 1.165) is 23.8 Å². The summed E-state index contributed by atoms with van der Waals surface area (Å²) >= 11 is 0. The molecule has 1 N–H and O–H groups in total. The van der Waals surface area contributed by atoms with Gasteiger partial charge >= 0.3 is 0 Å². The molecule has 26 heavy (non-hydrogen) atoms. The normalized spacial score (nSPS) is 10.8. The molecule has 0 aliphatic heterocycles. The summed E-state index contributed by atoms with van der Waals surface area (Å²) in [5, 5.41) is 3.39. The highest BCUT2D eigenvalue weighted by Crippen LogP contribution is 2.14. The van der Waals surface area contributed by atoms with Gasteiger partial charge in [-0.2, -0.15) is 0 Å². The molecule has 5 nitrogen and oxygen atoms in total. The molecule has 0 heterocycles. The fourth-order valence-electron chi connectivity index (χ4n) is 2.28. The maximum absolute atomic E-state index is 5.65. The molecule has 0 radical (unpaired) electrons. The van der Waals surface area contributed by atoms with Crippen LogP contribution in [0.2, 0.25) is 0 Å². The van der Waals surface area contributed by atoms with E-state index in [9.17, 15) is 0 Å². The van der Waals surface area contributed by atoms with E-state index in [1.807, 2.05) is 55.4 Å². The van der Waals surface area contributed by atoms with Gasteiger partial charge in [0.2, 0.25) is 0 Å². The molecule has 0 aromatic heterocycles. The quantitative estimate of drug-likeness (QED) is 0.278. The lowest BCUT2D eigenvalue weighted by molar-refractivity contribution is 0.146. The second-order valence-electron chi connectivity index (χ2n) is 5.86. The van der Waals surface area contributed by atoms with Crippen molar-refractivity contribution < 1.29 is 9.47 Å². The standard InChI is InChI=1S/C20H27N3O2.HI/c1-23(2)20(21-15-17-8-5-4-6-9-17)22-16-18-10-7-11-19(14-18)25-13-12-24-3;/h4-11,14H,12-13,15-16H2,1-3H3,(H,21,22);1H. The molecule has 0 aliphatic carbocycles. The maximum atomic E-state index is 5.65. The van der Waals surface area contributed by atoms with Gasteiger partial charge in [0.25, 0.3) is 0 Å². The number of nitrogens with one attached hydrogen (secondary N) is 1. The summed E-state index contributed by atoms with van der Waals surface area (Å²) in [4.78, 5) is 6.69. The first-order valence-corrected chi connectivity index (χ1v) is 8.39. The van der Waals surface area contributed by atoms with Crippen molar-refractivity contribution in [3.63, 3.8) is 0 Å². The molecule has 6 heteroatoms. The Balaban J connectivity index is 0.00000338. The van der Waals surface area contributed by atoms with Gasteiger partial charge in [0, 0.05) is 27.7 Å². The Kier molecular flexibility index (Phi) is 10.7. The first-order valence-electron chi connectivity index (χ1n) is 8.39. The Hall–Kier alpha value is -1.80. The van der Waals surface area contributed by atoms with E-state index >= 15 is 0 Å². The van der Waals surface area contributed by atoms with Crippen molar-refractivity contribution in [2.24, 2.45) is 4.99 Å². The number of aliphatic imine (C=N–C) groups is 1. The van der Waals surface area contributed by atoms with E-state index in [2.05, 4.69) is 23.5 Å². The zero-order valence-corrected chi connectivity index (χ0v) is 18.0. The van der Waals surface area contributed by atoms with Crippen LogP contribution in [0.15, 0.2) is 59.6 Å². The number of benzene rings is 2. The van der Waals surface area contributed by atoms with Gasteiger partial charge in [0.15, 0.2) is 5.96 Å². The highest BCUT2D eigenvalue weighted by Gasteiger charge is 2.03. The minimum atomic E-state index is 0. The average molecular weight is 469 g/mol. The Bertz CT molecular complexity index is 663. The summed E-state index contributed by atoms with van der Waals surface area (Å²) in [5.41, 5.74) is 2.33. The number of methoxy groups -OCH3 is 1. The Morgan fingerprint density at radius 3 is 2.42 bits per heavy atom. The minimum Gasteiger partial charge on any atom is -0.491 e. The van der Waals surface area contributed by atoms with E-state index < -0.39 is 0 Å². The number of hydrogen-bond donors (Lipinski definition) is 1. The van der Waals surface area contributed by atoms with Gasteiger partial charge in [-0.15, -0.1) is 24.0 Å². The zero-order valence-electron chi connectivity index (χ0n) is 15.6. The molecule has 0 bridgehead atoms. The molecule has 0 atom stereocenters. The van der Waals surface area contributed by atoms with Crippen LogP contribution < -0.4 is 10.1 Å². The monoisotopic (exact) mass is 469 g/mol. The van der Waals surface area contributed by atoms with Gasteiger partial charge in [-0.1, -0.05) is 42.5 Å². The number of hydrogen-bond acceptors (Lipinski definition) is 3. The molecule has 0 amide bonds. The molecule has 2 aromatic rings. The number of rotatable bonds is 8. The van der Waals surface area contributed by atoms with E-state index in [1.165, 1.54) is 5.56 Å². The summed E-state index contributed by atoms with van der Waals surface area (Å²) in [6.45, 7) is 2.47. The van der Waals surface area contributed by atoms with Crippen molar-refractivity contribution in [2.75, 3.05) is 34.4 Å². The van der Waals surface area contributed by atoms with Crippen LogP contribution in [0.5, 0.6) is 5.75 Å². The molecule has 142 valence electrons. The topological polar surface area (TPSA) is 46.1 Å². The molecule has 2 rings (SSSR count). The largest absolute Gasteiger partial charge is 0.491 e. The van der Waals surface area contributed by atoms with Crippen molar-refractivity contribution in [1.82, 2.24) is 10.2 Å². The highest BCUT2D eigenvalue weighted by atomic mass is 127. The molecular weight excluding hydrogens is 441 g/mol. The number of ether oxygens (including phenoxy) is 2. The van der Waals surface area contributed by atoms with Gasteiger partial charge in [0.05, 0.1) is 13.2 Å². The van der Waals surface area contributed by atoms with Gasteiger partial charge in [-0.05, 0) is 23.3 Å². The fraction of sp³-hybridized carbons (Fsp3) is 0.350. The predicted molar refractivity (Wildman–Crippen MR) is 117 cm³/mol. The van der Waals surface area contributed by atoms with Crippen LogP contribution in [-0.4, -0.2) is 45.3 Å². The van der Waals surface area contributed by atoms with Gasteiger partial charge in [-0.3, -0.25) is 0 Å². The molecule has 0 aliphatic rings. The number of guanidine groups is 1. The summed E-state index contributed by atoms with van der Waals surface area (Å²) < 4.78 is 10.6. The van der Waals surface area contributed by atoms with Crippen molar-refractivity contribution in [1.29, 1.82) is 0 Å². The van der Waals surface area contributed by atoms with Crippen LogP contribution in [0.25, 0.3) is 0 Å². The SMILES string of the molecule is COCCOc1cccc(CN=C(NCc2ccccc2)N(C)C)c1.I. The third-order valence-corrected chi connectivity index (χ3v) is 3.58. The zero-order chi connectivity index (χ0) is 17.9. The lowest BCUT2D eigenvalue weighted by Crippen LogP contribution is -2.36. The van der Waals surface area contributed by atoms with E-state index in [0.29, 0.717) is 19.8 Å². The minimum absolute atomic E-state index is 0. The number of nitrogens with zero attached hydrogens (tertiary/aromatic N) is 2. The molecule has 0 fully saturated rings. The first-order chi connectivity index (χ1) is 12.2. The Labute approximate surface area is 173 Å².